The zero-order valence-electron chi connectivity index (χ0n) is 30.0. The monoisotopic (exact) mass is 868 g/mol. The molecule has 4 heteroatoms. The van der Waals surface area contributed by atoms with Crippen molar-refractivity contribution in [1.82, 2.24) is 14.5 Å². The Morgan fingerprint density at radius 2 is 1.13 bits per heavy atom. The molecule has 1 aliphatic carbocycles. The average molecular weight is 868 g/mol. The van der Waals surface area contributed by atoms with E-state index in [4.69, 9.17) is 0 Å². The van der Waals surface area contributed by atoms with Gasteiger partial charge in [0.05, 0.1) is 11.0 Å². The maximum absolute atomic E-state index is 4.48. The molecule has 267 valence electrons. The van der Waals surface area contributed by atoms with Crippen molar-refractivity contribution < 1.29 is 20.1 Å². The molecule has 0 bridgehead atoms. The fourth-order valence-corrected chi connectivity index (χ4v) is 7.50. The zero-order valence-corrected chi connectivity index (χ0v) is 32.4. The minimum Gasteiger partial charge on any atom is -0.309 e. The van der Waals surface area contributed by atoms with Gasteiger partial charge in [-0.3, -0.25) is 0 Å². The van der Waals surface area contributed by atoms with E-state index in [2.05, 4.69) is 157 Å². The standard InChI is InChI=1S/C29H19N2.C19H22N.CH4.Ir/c1-2-11-24(12-3-1)31-28-15-5-4-13-25(28)26-20-22(16-17-29(26)31)21-9-8-10-23(19-21)27-14-6-7-18-30-27;1-18(2)10-11-19(3,4)16-13-14(8-9-15(16)18)17-7-5-6-12-20-17;;/h1-9,11-20H;5-7,9,12-13H,10-11H2,1-4H3;1H4;/q2*-1;;. The van der Waals surface area contributed by atoms with Crippen molar-refractivity contribution in [3.63, 3.8) is 0 Å². The van der Waals surface area contributed by atoms with Crippen molar-refractivity contribution in [2.45, 2.75) is 58.8 Å². The van der Waals surface area contributed by atoms with Crippen molar-refractivity contribution >= 4 is 21.8 Å². The van der Waals surface area contributed by atoms with Crippen LogP contribution in [0.1, 0.15) is 59.1 Å². The van der Waals surface area contributed by atoms with Crippen LogP contribution < -0.4 is 0 Å². The summed E-state index contributed by atoms with van der Waals surface area (Å²) in [4.78, 5) is 8.93. The van der Waals surface area contributed by atoms with Gasteiger partial charge in [-0.15, -0.1) is 70.3 Å². The molecule has 0 amide bonds. The third-order valence-corrected chi connectivity index (χ3v) is 10.5. The number of para-hydroxylation sites is 2. The summed E-state index contributed by atoms with van der Waals surface area (Å²) >= 11 is 0. The first kappa shape index (κ1) is 37.6. The van der Waals surface area contributed by atoms with Gasteiger partial charge in [0, 0.05) is 49.0 Å². The molecule has 0 atom stereocenters. The molecule has 0 N–H and O–H groups in total. The average Bonchev–Trinajstić information content (AvgIpc) is 3.52. The minimum atomic E-state index is 0. The SMILES string of the molecule is C.CC1(C)CCC(C)(C)c2cc(-c3ccccn3)[c-]cc21.[Ir].[c-]1ccc(-c2ccc3c(c2)c2ccccc2n3-c2ccccc2)cc1-c1ccccn1. The zero-order chi connectivity index (χ0) is 35.0. The molecular formula is C49H45IrN3-2. The minimum absolute atomic E-state index is 0. The number of nitrogens with zero attached hydrogens (tertiary/aromatic N) is 3. The number of fused-ring (bicyclic) bond motifs is 4. The number of hydrogen-bond acceptors (Lipinski definition) is 2. The summed E-state index contributed by atoms with van der Waals surface area (Å²) in [6.07, 6.45) is 6.14. The molecule has 0 spiro atoms. The number of benzene rings is 5. The van der Waals surface area contributed by atoms with Crippen molar-refractivity contribution in [3.8, 4) is 39.3 Å². The van der Waals surface area contributed by atoms with Crippen LogP contribution in [0, 0.1) is 12.1 Å². The molecule has 0 aliphatic heterocycles. The molecule has 0 fully saturated rings. The van der Waals surface area contributed by atoms with E-state index in [-0.39, 0.29) is 38.4 Å². The van der Waals surface area contributed by atoms with E-state index < -0.39 is 0 Å². The molecule has 3 heterocycles. The molecular weight excluding hydrogens is 823 g/mol. The Hall–Kier alpha value is -5.15. The molecule has 8 aromatic rings. The predicted molar refractivity (Wildman–Crippen MR) is 219 cm³/mol. The Morgan fingerprint density at radius 3 is 1.81 bits per heavy atom. The van der Waals surface area contributed by atoms with Gasteiger partial charge < -0.3 is 14.5 Å². The molecule has 0 unspecified atom stereocenters. The quantitative estimate of drug-likeness (QED) is 0.165. The Bertz CT molecular complexity index is 2460. The summed E-state index contributed by atoms with van der Waals surface area (Å²) in [7, 11) is 0. The van der Waals surface area contributed by atoms with Gasteiger partial charge in [0.25, 0.3) is 0 Å². The van der Waals surface area contributed by atoms with Crippen LogP contribution in [0.25, 0.3) is 61.1 Å². The van der Waals surface area contributed by atoms with Gasteiger partial charge in [0.15, 0.2) is 0 Å². The normalized spacial score (nSPS) is 13.9. The van der Waals surface area contributed by atoms with Crippen LogP contribution in [-0.4, -0.2) is 14.5 Å². The van der Waals surface area contributed by atoms with E-state index >= 15 is 0 Å². The second-order valence-electron chi connectivity index (χ2n) is 14.8. The topological polar surface area (TPSA) is 30.7 Å². The van der Waals surface area contributed by atoms with Crippen LogP contribution in [0.4, 0.5) is 0 Å². The van der Waals surface area contributed by atoms with Gasteiger partial charge in [-0.1, -0.05) is 108 Å². The first-order valence-corrected chi connectivity index (χ1v) is 17.8. The predicted octanol–water partition coefficient (Wildman–Crippen LogP) is 12.8. The van der Waals surface area contributed by atoms with Crippen LogP contribution >= 0.6 is 0 Å². The number of rotatable bonds is 4. The molecule has 53 heavy (non-hydrogen) atoms. The molecule has 9 rings (SSSR count). The largest absolute Gasteiger partial charge is 0.309 e. The Balaban J connectivity index is 0.000000191. The first-order valence-electron chi connectivity index (χ1n) is 17.8. The fraction of sp³-hybridized carbons (Fsp3) is 0.184. The van der Waals surface area contributed by atoms with Gasteiger partial charge >= 0.3 is 0 Å². The first-order chi connectivity index (χ1) is 24.8. The van der Waals surface area contributed by atoms with Crippen LogP contribution in [0.5, 0.6) is 0 Å². The van der Waals surface area contributed by atoms with Crippen LogP contribution in [0.3, 0.4) is 0 Å². The summed E-state index contributed by atoms with van der Waals surface area (Å²) < 4.78 is 2.34. The smallest absolute Gasteiger partial charge is 0.0541 e. The summed E-state index contributed by atoms with van der Waals surface area (Å²) in [5.41, 5.74) is 13.4. The third kappa shape index (κ3) is 7.40. The molecule has 3 nitrogen and oxygen atoms in total. The third-order valence-electron chi connectivity index (χ3n) is 10.5. The number of hydrogen-bond donors (Lipinski definition) is 0. The second-order valence-corrected chi connectivity index (χ2v) is 14.8. The van der Waals surface area contributed by atoms with Gasteiger partial charge in [0.2, 0.25) is 0 Å². The van der Waals surface area contributed by atoms with Crippen molar-refractivity contribution in [2.75, 3.05) is 0 Å². The Kier molecular flexibility index (Phi) is 11.0. The number of aromatic nitrogens is 3. The summed E-state index contributed by atoms with van der Waals surface area (Å²) in [5.74, 6) is 0. The van der Waals surface area contributed by atoms with Crippen molar-refractivity contribution in [2.24, 2.45) is 0 Å². The van der Waals surface area contributed by atoms with Crippen LogP contribution in [-0.2, 0) is 30.9 Å². The van der Waals surface area contributed by atoms with Gasteiger partial charge in [-0.05, 0) is 76.7 Å². The van der Waals surface area contributed by atoms with Gasteiger partial charge in [-0.2, -0.15) is 0 Å². The van der Waals surface area contributed by atoms with E-state index in [9.17, 15) is 0 Å². The van der Waals surface area contributed by atoms with Crippen molar-refractivity contribution in [3.05, 3.63) is 175 Å². The van der Waals surface area contributed by atoms with E-state index in [1.165, 1.54) is 57.0 Å². The van der Waals surface area contributed by atoms with Gasteiger partial charge in [0.1, 0.15) is 0 Å². The molecule has 0 saturated heterocycles. The Morgan fingerprint density at radius 1 is 0.547 bits per heavy atom. The summed E-state index contributed by atoms with van der Waals surface area (Å²) in [5, 5.41) is 2.51. The van der Waals surface area contributed by atoms with Gasteiger partial charge in [-0.25, -0.2) is 0 Å². The van der Waals surface area contributed by atoms with E-state index in [1.54, 1.807) is 0 Å². The summed E-state index contributed by atoms with van der Waals surface area (Å²) in [6, 6.07) is 55.4. The van der Waals surface area contributed by atoms with E-state index in [1.807, 2.05) is 48.8 Å². The van der Waals surface area contributed by atoms with Crippen LogP contribution in [0.15, 0.2) is 152 Å². The molecule has 1 aliphatic rings. The molecule has 0 saturated carbocycles. The molecule has 5 aromatic carbocycles. The summed E-state index contributed by atoms with van der Waals surface area (Å²) in [6.45, 7) is 9.39. The van der Waals surface area contributed by atoms with E-state index in [0.717, 1.165) is 28.1 Å². The van der Waals surface area contributed by atoms with Crippen LogP contribution in [0.2, 0.25) is 0 Å². The molecule has 1 radical (unpaired) electrons. The molecule has 3 aromatic heterocycles. The maximum Gasteiger partial charge on any atom is 0.0541 e. The fourth-order valence-electron chi connectivity index (χ4n) is 7.50. The maximum atomic E-state index is 4.48. The number of pyridine rings is 2. The van der Waals surface area contributed by atoms with Crippen molar-refractivity contribution in [1.29, 1.82) is 0 Å². The van der Waals surface area contributed by atoms with E-state index in [0.29, 0.717) is 0 Å². The Labute approximate surface area is 328 Å². The second kappa shape index (κ2) is 15.4.